The minimum Gasteiger partial charge on any atom is -0.438 e. The van der Waals surface area contributed by atoms with Gasteiger partial charge in [0.1, 0.15) is 12.1 Å². The summed E-state index contributed by atoms with van der Waals surface area (Å²) in [5, 5.41) is 5.84. The average Bonchev–Trinajstić information content (AvgIpc) is 3.91. The van der Waals surface area contributed by atoms with Crippen molar-refractivity contribution in [3.8, 4) is 0 Å². The molecule has 2 fully saturated rings. The second kappa shape index (κ2) is 24.5. The molecule has 2 aliphatic rings. The zero-order valence-electron chi connectivity index (χ0n) is 40.8. The molecule has 1 aliphatic carbocycles. The van der Waals surface area contributed by atoms with Crippen LogP contribution >= 0.6 is 7.60 Å². The zero-order chi connectivity index (χ0) is 50.5. The van der Waals surface area contributed by atoms with Crippen LogP contribution in [0.1, 0.15) is 126 Å². The van der Waals surface area contributed by atoms with Crippen LogP contribution in [0.15, 0.2) is 54.1 Å². The summed E-state index contributed by atoms with van der Waals surface area (Å²) in [6.07, 6.45) is 9.05. The molecule has 1 aliphatic heterocycles. The predicted octanol–water partition coefficient (Wildman–Crippen LogP) is 7.66. The van der Waals surface area contributed by atoms with E-state index in [0.29, 0.717) is 30.5 Å². The highest BCUT2D eigenvalue weighted by Gasteiger charge is 2.58. The number of fused-ring (bicyclic) bond motifs is 1. The molecule has 5 unspecified atom stereocenters. The number of nitrogens with two attached hydrogens (primary N) is 1. The maximum Gasteiger partial charge on any atom is 0.410 e. The van der Waals surface area contributed by atoms with Gasteiger partial charge in [0.25, 0.3) is 0 Å². The first-order valence-corrected chi connectivity index (χ1v) is 24.2. The Labute approximate surface area is 393 Å². The molecule has 0 radical (unpaired) electrons. The SMILES string of the molecule is C/C=C\C(=C/C)CO[C@H](C)C(CCC(N)=O)NC(=O)C1C2CC2CN1C(=O)C(CCCC)NC(=O)/C=C(\C)c1ccc(C(F)(F)P(=O)(OCOC(=O)C(C)(C)C)OCOC(=O)C(C)(C)C)cc1. The number of hydrogen-bond donors (Lipinski definition) is 3. The lowest BCUT2D eigenvalue weighted by atomic mass is 9.98. The molecule has 1 heterocycles. The smallest absolute Gasteiger partial charge is 0.410 e. The fourth-order valence-electron chi connectivity index (χ4n) is 7.19. The number of nitrogens with one attached hydrogen (secondary N) is 2. The molecule has 0 bridgehead atoms. The van der Waals surface area contributed by atoms with Crippen LogP contribution in [0, 0.1) is 22.7 Å². The molecule has 67 heavy (non-hydrogen) atoms. The number of allylic oxidation sites excluding steroid dienone is 3. The van der Waals surface area contributed by atoms with Crippen molar-refractivity contribution >= 4 is 48.7 Å². The lowest BCUT2D eigenvalue weighted by Gasteiger charge is -2.33. The number of amides is 4. The molecule has 1 aromatic rings. The molecule has 3 rings (SSSR count). The molecule has 4 N–H and O–H groups in total. The van der Waals surface area contributed by atoms with Gasteiger partial charge in [-0.05, 0) is 117 Å². The van der Waals surface area contributed by atoms with Gasteiger partial charge in [-0.15, -0.1) is 0 Å². The molecule has 374 valence electrons. The maximum atomic E-state index is 16.1. The highest BCUT2D eigenvalue weighted by Crippen LogP contribution is 2.67. The molecule has 1 saturated heterocycles. The van der Waals surface area contributed by atoms with E-state index in [1.165, 1.54) is 64.7 Å². The van der Waals surface area contributed by atoms with Crippen LogP contribution in [-0.4, -0.2) is 91.4 Å². The van der Waals surface area contributed by atoms with Crippen LogP contribution in [0.5, 0.6) is 0 Å². The first-order valence-electron chi connectivity index (χ1n) is 22.7. The van der Waals surface area contributed by atoms with Crippen molar-refractivity contribution in [2.45, 2.75) is 145 Å². The minimum absolute atomic E-state index is 0.0137. The number of halogens is 2. The fraction of sp³-hybridized carbons (Fsp3) is 0.625. The van der Waals surface area contributed by atoms with Gasteiger partial charge in [-0.2, -0.15) is 8.78 Å². The molecule has 19 heteroatoms. The highest BCUT2D eigenvalue weighted by molar-refractivity contribution is 7.54. The average molecular weight is 965 g/mol. The van der Waals surface area contributed by atoms with Crippen molar-refractivity contribution in [2.75, 3.05) is 26.7 Å². The molecular formula is C48H71F2N4O12P. The third-order valence-corrected chi connectivity index (χ3v) is 13.3. The Morgan fingerprint density at radius 2 is 1.51 bits per heavy atom. The fourth-order valence-corrected chi connectivity index (χ4v) is 8.43. The van der Waals surface area contributed by atoms with Crippen molar-refractivity contribution in [3.05, 3.63) is 65.3 Å². The molecule has 1 saturated carbocycles. The van der Waals surface area contributed by atoms with E-state index in [0.717, 1.165) is 30.5 Å². The predicted molar refractivity (Wildman–Crippen MR) is 247 cm³/mol. The van der Waals surface area contributed by atoms with E-state index in [1.54, 1.807) is 13.8 Å². The van der Waals surface area contributed by atoms with Crippen molar-refractivity contribution in [1.29, 1.82) is 0 Å². The molecule has 0 spiro atoms. The van der Waals surface area contributed by atoms with Crippen LogP contribution in [0.3, 0.4) is 0 Å². The Morgan fingerprint density at radius 3 is 2.01 bits per heavy atom. The highest BCUT2D eigenvalue weighted by atomic mass is 31.2. The van der Waals surface area contributed by atoms with E-state index in [9.17, 15) is 33.3 Å². The summed E-state index contributed by atoms with van der Waals surface area (Å²) in [5.41, 5.74) is -0.168. The van der Waals surface area contributed by atoms with Crippen molar-refractivity contribution in [3.63, 3.8) is 0 Å². The summed E-state index contributed by atoms with van der Waals surface area (Å²) >= 11 is 0. The van der Waals surface area contributed by atoms with E-state index in [4.69, 9.17) is 29.0 Å². The number of rotatable bonds is 25. The van der Waals surface area contributed by atoms with Crippen LogP contribution in [0.4, 0.5) is 8.78 Å². The van der Waals surface area contributed by atoms with Crippen molar-refractivity contribution in [2.24, 2.45) is 28.4 Å². The van der Waals surface area contributed by atoms with Gasteiger partial charge < -0.3 is 35.5 Å². The zero-order valence-corrected chi connectivity index (χ0v) is 41.7. The molecule has 1 aromatic carbocycles. The van der Waals surface area contributed by atoms with Gasteiger partial charge in [0, 0.05) is 24.6 Å². The number of likely N-dealkylation sites (tertiary alicyclic amines) is 1. The van der Waals surface area contributed by atoms with E-state index < -0.39 is 97.1 Å². The van der Waals surface area contributed by atoms with E-state index >= 15 is 8.78 Å². The Kier molecular flexibility index (Phi) is 20.7. The van der Waals surface area contributed by atoms with E-state index in [1.807, 2.05) is 39.0 Å². The van der Waals surface area contributed by atoms with Gasteiger partial charge in [-0.1, -0.05) is 62.3 Å². The van der Waals surface area contributed by atoms with Crippen LogP contribution in [0.25, 0.3) is 5.57 Å². The largest absolute Gasteiger partial charge is 0.438 e. The van der Waals surface area contributed by atoms with Gasteiger partial charge in [0.15, 0.2) is 0 Å². The topological polar surface area (TPSA) is 219 Å². The van der Waals surface area contributed by atoms with Crippen molar-refractivity contribution in [1.82, 2.24) is 15.5 Å². The maximum absolute atomic E-state index is 16.1. The number of benzene rings is 1. The number of alkyl halides is 2. The first kappa shape index (κ1) is 56.6. The monoisotopic (exact) mass is 964 g/mol. The molecule has 0 aromatic heterocycles. The van der Waals surface area contributed by atoms with Gasteiger partial charge in [0.2, 0.25) is 37.2 Å². The van der Waals surface area contributed by atoms with Crippen LogP contribution in [0.2, 0.25) is 0 Å². The lowest BCUT2D eigenvalue weighted by molar-refractivity contribution is -0.163. The second-order valence-electron chi connectivity index (χ2n) is 19.1. The number of esters is 2. The number of carbonyl (C=O) groups is 6. The summed E-state index contributed by atoms with van der Waals surface area (Å²) in [4.78, 5) is 79.7. The number of carbonyl (C=O) groups excluding carboxylic acids is 6. The van der Waals surface area contributed by atoms with Gasteiger partial charge in [-0.25, -0.2) is 0 Å². The van der Waals surface area contributed by atoms with Crippen LogP contribution < -0.4 is 16.4 Å². The second-order valence-corrected chi connectivity index (χ2v) is 21.2. The molecule has 6 atom stereocenters. The number of nitrogens with zero attached hydrogens (tertiary/aromatic N) is 1. The number of primary amides is 1. The third kappa shape index (κ3) is 16.2. The summed E-state index contributed by atoms with van der Waals surface area (Å²) in [6, 6.07) is 2.07. The number of piperidine rings is 1. The summed E-state index contributed by atoms with van der Waals surface area (Å²) in [5.74, 6) is -3.54. The minimum atomic E-state index is -5.56. The van der Waals surface area contributed by atoms with E-state index in [-0.39, 0.29) is 37.2 Å². The lowest BCUT2D eigenvalue weighted by Crippen LogP contribution is -2.57. The summed E-state index contributed by atoms with van der Waals surface area (Å²) in [6.45, 7) is 16.5. The number of hydrogen-bond acceptors (Lipinski definition) is 12. The van der Waals surface area contributed by atoms with Gasteiger partial charge >= 0.3 is 25.2 Å². The standard InChI is InChI=1S/C48H71F2N4O12P/c1-12-15-17-38(43(58)54-26-34-25-36(34)41(54)42(57)53-37(22-23-39(51)55)31(5)62-27-32(14-3)16-13-2)52-40(56)24-30(4)33-18-20-35(21-19-33)48(49,50)67(61,65-28-63-44(59)46(6,7)8)66-29-64-45(60)47(9,10)11/h13-14,16,18-21,24,31,34,36-38,41H,12,15,17,22-23,25-29H2,1-11H3,(H2,51,55)(H,52,56)(H,53,57)/b16-13-,30-24+,32-14+/t31-,34?,36?,37?,38?,41?/m1/s1. The number of ether oxygens (including phenoxy) is 3. The first-order chi connectivity index (χ1) is 31.2. The Bertz CT molecular complexity index is 2020. The number of unbranched alkanes of at least 4 members (excludes halogenated alkanes) is 1. The Morgan fingerprint density at radius 1 is 0.925 bits per heavy atom. The Balaban J connectivity index is 1.79. The Hall–Kier alpha value is -4.77. The molecule has 4 amide bonds. The van der Waals surface area contributed by atoms with Gasteiger partial charge in [-0.3, -0.25) is 42.4 Å². The normalized spacial score (nSPS) is 19.3. The molecule has 16 nitrogen and oxygen atoms in total. The summed E-state index contributed by atoms with van der Waals surface area (Å²) < 4.78 is 71.8. The quantitative estimate of drug-likeness (QED) is 0.0283. The third-order valence-electron chi connectivity index (χ3n) is 11.5. The summed E-state index contributed by atoms with van der Waals surface area (Å²) in [7, 11) is -5.56. The van der Waals surface area contributed by atoms with E-state index in [2.05, 4.69) is 10.6 Å². The van der Waals surface area contributed by atoms with Gasteiger partial charge in [0.05, 0.1) is 29.6 Å². The molecular weight excluding hydrogens is 894 g/mol. The van der Waals surface area contributed by atoms with Crippen molar-refractivity contribution < 1.29 is 65.4 Å². The van der Waals surface area contributed by atoms with Crippen LogP contribution in [-0.2, 0) is 62.3 Å².